The first-order chi connectivity index (χ1) is 11.4. The van der Waals surface area contributed by atoms with E-state index in [2.05, 4.69) is 45.6 Å². The summed E-state index contributed by atoms with van der Waals surface area (Å²) < 4.78 is 0. The molecule has 0 bridgehead atoms. The molecule has 128 valence electrons. The molecular weight excluding hydrogens is 290 g/mol. The van der Waals surface area contributed by atoms with Crippen molar-refractivity contribution in [3.8, 4) is 6.07 Å². The van der Waals surface area contributed by atoms with Crippen LogP contribution in [-0.2, 0) is 0 Å². The summed E-state index contributed by atoms with van der Waals surface area (Å²) in [5.74, 6) is 3.56. The van der Waals surface area contributed by atoms with Gasteiger partial charge in [0.1, 0.15) is 0 Å². The van der Waals surface area contributed by atoms with E-state index < -0.39 is 0 Å². The first kappa shape index (κ1) is 16.2. The maximum absolute atomic E-state index is 9.18. The lowest BCUT2D eigenvalue weighted by Crippen LogP contribution is -2.49. The fraction of sp³-hybridized carbons (Fsp3) is 0.696. The van der Waals surface area contributed by atoms with Gasteiger partial charge in [-0.15, -0.1) is 0 Å². The van der Waals surface area contributed by atoms with Crippen LogP contribution in [-0.4, -0.2) is 0 Å². The summed E-state index contributed by atoms with van der Waals surface area (Å²) in [5, 5.41) is 9.18. The first-order valence-electron chi connectivity index (χ1n) is 9.91. The summed E-state index contributed by atoms with van der Waals surface area (Å²) in [7, 11) is 0. The number of hydrogen-bond donors (Lipinski definition) is 0. The van der Waals surface area contributed by atoms with E-state index in [0.717, 1.165) is 30.1 Å². The Bertz CT molecular complexity index is 675. The van der Waals surface area contributed by atoms with E-state index in [9.17, 15) is 5.26 Å². The molecule has 4 aliphatic rings. The quantitative estimate of drug-likeness (QED) is 0.527. The topological polar surface area (TPSA) is 23.8 Å². The smallest absolute Gasteiger partial charge is 0.0988 e. The summed E-state index contributed by atoms with van der Waals surface area (Å²) in [6.07, 6.45) is 14.0. The Kier molecular flexibility index (Phi) is 3.61. The molecule has 2 saturated carbocycles. The molecule has 0 N–H and O–H groups in total. The van der Waals surface area contributed by atoms with Gasteiger partial charge in [0.25, 0.3) is 0 Å². The van der Waals surface area contributed by atoms with Crippen molar-refractivity contribution in [1.82, 2.24) is 0 Å². The van der Waals surface area contributed by atoms with Gasteiger partial charge < -0.3 is 0 Å². The van der Waals surface area contributed by atoms with Crippen molar-refractivity contribution in [3.05, 3.63) is 35.5 Å². The largest absolute Gasteiger partial charge is 0.192 e. The van der Waals surface area contributed by atoms with E-state index in [1.165, 1.54) is 49.7 Å². The highest BCUT2D eigenvalue weighted by atomic mass is 14.6. The van der Waals surface area contributed by atoms with Crippen molar-refractivity contribution in [3.63, 3.8) is 0 Å². The lowest BCUT2D eigenvalue weighted by Gasteiger charge is -2.57. The maximum atomic E-state index is 9.18. The van der Waals surface area contributed by atoms with Crippen molar-refractivity contribution in [2.45, 2.75) is 65.7 Å². The molecule has 0 aromatic rings. The summed E-state index contributed by atoms with van der Waals surface area (Å²) in [6.45, 7) is 11.5. The van der Waals surface area contributed by atoms with Gasteiger partial charge in [0.05, 0.1) is 6.07 Å². The Hall–Kier alpha value is -1.29. The Morgan fingerprint density at radius 1 is 1.21 bits per heavy atom. The Labute approximate surface area is 147 Å². The predicted molar refractivity (Wildman–Crippen MR) is 99.1 cm³/mol. The molecule has 6 unspecified atom stereocenters. The lowest BCUT2D eigenvalue weighted by molar-refractivity contribution is -0.0328. The van der Waals surface area contributed by atoms with Gasteiger partial charge in [0.15, 0.2) is 0 Å². The fourth-order valence-corrected chi connectivity index (χ4v) is 6.90. The van der Waals surface area contributed by atoms with Gasteiger partial charge in [-0.25, -0.2) is 0 Å². The minimum atomic E-state index is 0.329. The molecule has 6 atom stereocenters. The minimum Gasteiger partial charge on any atom is -0.192 e. The van der Waals surface area contributed by atoms with Crippen LogP contribution in [0.15, 0.2) is 35.5 Å². The van der Waals surface area contributed by atoms with E-state index in [1.807, 2.05) is 0 Å². The number of nitrogens with zero attached hydrogens (tertiary/aromatic N) is 1. The van der Waals surface area contributed by atoms with Gasteiger partial charge in [-0.2, -0.15) is 5.26 Å². The third kappa shape index (κ3) is 2.05. The highest BCUT2D eigenvalue weighted by Crippen LogP contribution is 2.65. The molecule has 0 saturated heterocycles. The summed E-state index contributed by atoms with van der Waals surface area (Å²) in [5.41, 5.74) is 4.27. The molecule has 0 aromatic carbocycles. The number of allylic oxidation sites excluding steroid dienone is 5. The van der Waals surface area contributed by atoms with Crippen LogP contribution >= 0.6 is 0 Å². The number of hydrogen-bond acceptors (Lipinski definition) is 1. The SMILES string of the molecule is C=C(C#N)C1=CC2=CCC3C(CCC4(C)C(C)CCC34)C2(C)CC1. The summed E-state index contributed by atoms with van der Waals surface area (Å²) in [4.78, 5) is 0. The van der Waals surface area contributed by atoms with Crippen LogP contribution in [0.25, 0.3) is 0 Å². The zero-order valence-electron chi connectivity index (χ0n) is 15.6. The van der Waals surface area contributed by atoms with E-state index in [-0.39, 0.29) is 0 Å². The molecule has 1 heteroatoms. The van der Waals surface area contributed by atoms with Crippen LogP contribution in [0, 0.1) is 45.8 Å². The monoisotopic (exact) mass is 321 g/mol. The second-order valence-corrected chi connectivity index (χ2v) is 9.47. The van der Waals surface area contributed by atoms with Crippen LogP contribution < -0.4 is 0 Å². The van der Waals surface area contributed by atoms with Gasteiger partial charge in [-0.1, -0.05) is 39.5 Å². The fourth-order valence-electron chi connectivity index (χ4n) is 6.90. The average molecular weight is 322 g/mol. The van der Waals surface area contributed by atoms with Gasteiger partial charge in [-0.05, 0) is 90.6 Å². The first-order valence-corrected chi connectivity index (χ1v) is 9.91. The zero-order valence-corrected chi connectivity index (χ0v) is 15.6. The molecule has 4 aliphatic carbocycles. The number of nitriles is 1. The van der Waals surface area contributed by atoms with Crippen LogP contribution in [0.4, 0.5) is 0 Å². The maximum Gasteiger partial charge on any atom is 0.0988 e. The highest BCUT2D eigenvalue weighted by molar-refractivity contribution is 5.48. The van der Waals surface area contributed by atoms with E-state index in [4.69, 9.17) is 0 Å². The van der Waals surface area contributed by atoms with Crippen LogP contribution in [0.2, 0.25) is 0 Å². The molecule has 1 nitrogen and oxygen atoms in total. The minimum absolute atomic E-state index is 0.329. The van der Waals surface area contributed by atoms with E-state index >= 15 is 0 Å². The molecule has 0 radical (unpaired) electrons. The van der Waals surface area contributed by atoms with Gasteiger partial charge >= 0.3 is 0 Å². The molecule has 0 aliphatic heterocycles. The Morgan fingerprint density at radius 3 is 2.75 bits per heavy atom. The van der Waals surface area contributed by atoms with Crippen LogP contribution in [0.5, 0.6) is 0 Å². The molecule has 2 fully saturated rings. The summed E-state index contributed by atoms with van der Waals surface area (Å²) in [6, 6.07) is 2.25. The number of fused-ring (bicyclic) bond motifs is 5. The third-order valence-corrected chi connectivity index (χ3v) is 8.76. The van der Waals surface area contributed by atoms with Gasteiger partial charge in [0.2, 0.25) is 0 Å². The van der Waals surface area contributed by atoms with E-state index in [0.29, 0.717) is 16.4 Å². The molecular formula is C23H31N. The second-order valence-electron chi connectivity index (χ2n) is 9.47. The molecule has 0 spiro atoms. The van der Waals surface area contributed by atoms with Crippen molar-refractivity contribution < 1.29 is 0 Å². The highest BCUT2D eigenvalue weighted by Gasteiger charge is 2.57. The molecule has 0 aromatic heterocycles. The van der Waals surface area contributed by atoms with E-state index in [1.54, 1.807) is 0 Å². The normalized spacial score (nSPS) is 46.8. The van der Waals surface area contributed by atoms with Crippen molar-refractivity contribution >= 4 is 0 Å². The third-order valence-electron chi connectivity index (χ3n) is 8.76. The van der Waals surface area contributed by atoms with Crippen molar-refractivity contribution in [2.24, 2.45) is 34.5 Å². The van der Waals surface area contributed by atoms with Gasteiger partial charge in [0, 0.05) is 5.57 Å². The molecule has 0 amide bonds. The molecule has 4 rings (SSSR count). The summed E-state index contributed by atoms with van der Waals surface area (Å²) >= 11 is 0. The standard InChI is InChI=1S/C23H31N/c1-15(14-24)17-9-11-23(4)18(13-17)6-7-19-20-8-5-16(2)22(20,3)12-10-21(19)23/h6,13,16,19-21H,1,5,7-12H2,2-4H3. The molecule has 0 heterocycles. The number of rotatable bonds is 1. The van der Waals surface area contributed by atoms with Gasteiger partial charge in [-0.3, -0.25) is 0 Å². The van der Waals surface area contributed by atoms with Crippen LogP contribution in [0.3, 0.4) is 0 Å². The predicted octanol–water partition coefficient (Wildman–Crippen LogP) is 6.20. The Morgan fingerprint density at radius 2 is 2.00 bits per heavy atom. The van der Waals surface area contributed by atoms with Crippen molar-refractivity contribution in [2.75, 3.05) is 0 Å². The Balaban J connectivity index is 1.69. The molecule has 24 heavy (non-hydrogen) atoms. The van der Waals surface area contributed by atoms with Crippen LogP contribution in [0.1, 0.15) is 65.7 Å². The second kappa shape index (κ2) is 5.35. The van der Waals surface area contributed by atoms with Crippen molar-refractivity contribution in [1.29, 1.82) is 5.26 Å². The zero-order chi connectivity index (χ0) is 17.1. The average Bonchev–Trinajstić information content (AvgIpc) is 2.88. The lowest BCUT2D eigenvalue weighted by atomic mass is 9.48.